The van der Waals surface area contributed by atoms with Gasteiger partial charge in [0.2, 0.25) is 0 Å². The summed E-state index contributed by atoms with van der Waals surface area (Å²) in [6.45, 7) is 5.24. The van der Waals surface area contributed by atoms with Crippen LogP contribution in [0.3, 0.4) is 0 Å². The maximum atomic E-state index is 11.5. The van der Waals surface area contributed by atoms with Gasteiger partial charge in [-0.1, -0.05) is 30.3 Å². The van der Waals surface area contributed by atoms with Crippen LogP contribution < -0.4 is 5.32 Å². The van der Waals surface area contributed by atoms with Crippen LogP contribution in [0.25, 0.3) is 0 Å². The molecule has 0 saturated heterocycles. The summed E-state index contributed by atoms with van der Waals surface area (Å²) in [6, 6.07) is 8.77. The van der Waals surface area contributed by atoms with Crippen molar-refractivity contribution in [1.29, 1.82) is 0 Å². The first-order valence-corrected chi connectivity index (χ1v) is 6.04. The highest BCUT2D eigenvalue weighted by Gasteiger charge is 2.22. The summed E-state index contributed by atoms with van der Waals surface area (Å²) >= 11 is 0. The Hall–Kier alpha value is -2.04. The molecule has 0 heterocycles. The van der Waals surface area contributed by atoms with Gasteiger partial charge < -0.3 is 15.2 Å². The zero-order chi connectivity index (χ0) is 14.5. The van der Waals surface area contributed by atoms with E-state index in [4.69, 9.17) is 4.74 Å². The number of carbonyl (C=O) groups excluding carboxylic acids is 1. The monoisotopic (exact) mass is 265 g/mol. The summed E-state index contributed by atoms with van der Waals surface area (Å²) in [4.78, 5) is 22.7. The van der Waals surface area contributed by atoms with Crippen molar-refractivity contribution in [1.82, 2.24) is 5.32 Å². The summed E-state index contributed by atoms with van der Waals surface area (Å²) < 4.78 is 5.06. The topological polar surface area (TPSA) is 75.6 Å². The summed E-state index contributed by atoms with van der Waals surface area (Å²) in [5.74, 6) is -1.77. The molecule has 0 unspecified atom stereocenters. The molecule has 1 rings (SSSR count). The number of nitrogens with one attached hydrogen (secondary N) is 1. The Kier molecular flexibility index (Phi) is 4.92. The molecule has 0 aromatic heterocycles. The van der Waals surface area contributed by atoms with E-state index in [-0.39, 0.29) is 6.54 Å². The standard InChI is InChI=1S/C14H19NO4/c1-14(2,3)19-13(18)15-9-11(12(16)17)10-7-5-4-6-8-10/h4-8,11H,9H2,1-3H3,(H,15,18)(H,16,17)/t11-/m0/s1. The molecule has 0 aliphatic carbocycles. The van der Waals surface area contributed by atoms with Gasteiger partial charge in [0.25, 0.3) is 0 Å². The van der Waals surface area contributed by atoms with Crippen LogP contribution >= 0.6 is 0 Å². The van der Waals surface area contributed by atoms with Crippen molar-refractivity contribution in [2.75, 3.05) is 6.54 Å². The van der Waals surface area contributed by atoms with Crippen LogP contribution in [0.15, 0.2) is 30.3 Å². The maximum Gasteiger partial charge on any atom is 0.407 e. The molecule has 0 saturated carbocycles. The van der Waals surface area contributed by atoms with E-state index >= 15 is 0 Å². The van der Waals surface area contributed by atoms with Gasteiger partial charge in [-0.2, -0.15) is 0 Å². The van der Waals surface area contributed by atoms with Gasteiger partial charge in [-0.3, -0.25) is 4.79 Å². The first-order valence-electron chi connectivity index (χ1n) is 6.04. The number of carboxylic acids is 1. The number of alkyl carbamates (subject to hydrolysis) is 1. The van der Waals surface area contributed by atoms with E-state index in [0.29, 0.717) is 5.56 Å². The van der Waals surface area contributed by atoms with E-state index in [1.165, 1.54) is 0 Å². The highest BCUT2D eigenvalue weighted by Crippen LogP contribution is 2.15. The molecule has 0 aliphatic rings. The van der Waals surface area contributed by atoms with Crippen molar-refractivity contribution in [2.24, 2.45) is 0 Å². The Morgan fingerprint density at radius 2 is 1.84 bits per heavy atom. The highest BCUT2D eigenvalue weighted by atomic mass is 16.6. The molecule has 1 aromatic carbocycles. The number of hydrogen-bond donors (Lipinski definition) is 2. The highest BCUT2D eigenvalue weighted by molar-refractivity contribution is 5.77. The van der Waals surface area contributed by atoms with Gasteiger partial charge in [-0.05, 0) is 26.3 Å². The second-order valence-electron chi connectivity index (χ2n) is 5.18. The van der Waals surface area contributed by atoms with Crippen LogP contribution in [0.2, 0.25) is 0 Å². The zero-order valence-electron chi connectivity index (χ0n) is 11.3. The maximum absolute atomic E-state index is 11.5. The number of ether oxygens (including phenoxy) is 1. The Balaban J connectivity index is 2.62. The van der Waals surface area contributed by atoms with Crippen molar-refractivity contribution in [3.63, 3.8) is 0 Å². The van der Waals surface area contributed by atoms with Crippen molar-refractivity contribution in [3.8, 4) is 0 Å². The van der Waals surface area contributed by atoms with Crippen molar-refractivity contribution < 1.29 is 19.4 Å². The van der Waals surface area contributed by atoms with E-state index in [0.717, 1.165) is 0 Å². The molecule has 5 nitrogen and oxygen atoms in total. The number of carboxylic acid groups (broad SMARTS) is 1. The Labute approximate surface area is 112 Å². The molecular weight excluding hydrogens is 246 g/mol. The molecule has 2 N–H and O–H groups in total. The fraction of sp³-hybridized carbons (Fsp3) is 0.429. The Morgan fingerprint density at radius 1 is 1.26 bits per heavy atom. The fourth-order valence-corrected chi connectivity index (χ4v) is 1.53. The molecule has 0 radical (unpaired) electrons. The minimum absolute atomic E-state index is 0.00569. The molecule has 0 bridgehead atoms. The van der Waals surface area contributed by atoms with Gasteiger partial charge in [0, 0.05) is 6.54 Å². The van der Waals surface area contributed by atoms with Gasteiger partial charge in [0.1, 0.15) is 5.60 Å². The lowest BCUT2D eigenvalue weighted by atomic mass is 9.99. The molecule has 1 aromatic rings. The van der Waals surface area contributed by atoms with Gasteiger partial charge in [0.15, 0.2) is 0 Å². The normalized spacial score (nSPS) is 12.6. The molecule has 1 atom stereocenters. The number of hydrogen-bond acceptors (Lipinski definition) is 3. The number of carbonyl (C=O) groups is 2. The summed E-state index contributed by atoms with van der Waals surface area (Å²) in [5.41, 5.74) is 0.0429. The van der Waals surface area contributed by atoms with E-state index < -0.39 is 23.6 Å². The van der Waals surface area contributed by atoms with E-state index in [1.54, 1.807) is 45.0 Å². The molecule has 5 heteroatoms. The van der Waals surface area contributed by atoms with Crippen LogP contribution in [0.5, 0.6) is 0 Å². The van der Waals surface area contributed by atoms with Gasteiger partial charge in [-0.15, -0.1) is 0 Å². The average molecular weight is 265 g/mol. The van der Waals surface area contributed by atoms with E-state index in [9.17, 15) is 14.7 Å². The second-order valence-corrected chi connectivity index (χ2v) is 5.18. The SMILES string of the molecule is CC(C)(C)OC(=O)NC[C@H](C(=O)O)c1ccccc1. The summed E-state index contributed by atoms with van der Waals surface area (Å²) in [5, 5.41) is 11.7. The van der Waals surface area contributed by atoms with Crippen LogP contribution in [-0.4, -0.2) is 29.3 Å². The zero-order valence-corrected chi connectivity index (χ0v) is 11.3. The Morgan fingerprint density at radius 3 is 2.32 bits per heavy atom. The average Bonchev–Trinajstić information content (AvgIpc) is 2.27. The predicted molar refractivity (Wildman–Crippen MR) is 71.1 cm³/mol. The quantitative estimate of drug-likeness (QED) is 0.876. The largest absolute Gasteiger partial charge is 0.481 e. The van der Waals surface area contributed by atoms with Gasteiger partial charge in [-0.25, -0.2) is 4.79 Å². The lowest BCUT2D eigenvalue weighted by Crippen LogP contribution is -2.36. The molecule has 19 heavy (non-hydrogen) atoms. The van der Waals surface area contributed by atoms with Gasteiger partial charge in [0.05, 0.1) is 5.92 Å². The summed E-state index contributed by atoms with van der Waals surface area (Å²) in [7, 11) is 0. The molecular formula is C14H19NO4. The molecule has 104 valence electrons. The summed E-state index contributed by atoms with van der Waals surface area (Å²) in [6.07, 6.45) is -0.616. The van der Waals surface area contributed by atoms with Gasteiger partial charge >= 0.3 is 12.1 Å². The smallest absolute Gasteiger partial charge is 0.407 e. The molecule has 0 aliphatic heterocycles. The van der Waals surface area contributed by atoms with Crippen LogP contribution in [-0.2, 0) is 9.53 Å². The fourth-order valence-electron chi connectivity index (χ4n) is 1.53. The second kappa shape index (κ2) is 6.22. The third-order valence-electron chi connectivity index (χ3n) is 2.35. The van der Waals surface area contributed by atoms with Crippen molar-refractivity contribution in [2.45, 2.75) is 32.3 Å². The third-order valence-corrected chi connectivity index (χ3v) is 2.35. The van der Waals surface area contributed by atoms with Crippen LogP contribution in [0, 0.1) is 0 Å². The Bertz CT molecular complexity index is 437. The van der Waals surface area contributed by atoms with Crippen LogP contribution in [0.1, 0.15) is 32.3 Å². The minimum Gasteiger partial charge on any atom is -0.481 e. The predicted octanol–water partition coefficient (Wildman–Crippen LogP) is 2.38. The third kappa shape index (κ3) is 5.42. The number of benzene rings is 1. The lowest BCUT2D eigenvalue weighted by Gasteiger charge is -2.21. The number of rotatable bonds is 4. The lowest BCUT2D eigenvalue weighted by molar-refractivity contribution is -0.138. The first-order chi connectivity index (χ1) is 8.79. The molecule has 0 spiro atoms. The number of amides is 1. The van der Waals surface area contributed by atoms with Crippen molar-refractivity contribution >= 4 is 12.1 Å². The van der Waals surface area contributed by atoms with Crippen LogP contribution in [0.4, 0.5) is 4.79 Å². The minimum atomic E-state index is -0.984. The van der Waals surface area contributed by atoms with Crippen molar-refractivity contribution in [3.05, 3.63) is 35.9 Å². The van der Waals surface area contributed by atoms with E-state index in [2.05, 4.69) is 5.32 Å². The first kappa shape index (κ1) is 15.0. The van der Waals surface area contributed by atoms with E-state index in [1.807, 2.05) is 6.07 Å². The molecule has 0 fully saturated rings. The molecule has 1 amide bonds. The number of aliphatic carboxylic acids is 1.